The Labute approximate surface area is 198 Å². The molecule has 0 fully saturated rings. The molecule has 0 bridgehead atoms. The number of amides is 2. The molecule has 0 heterocycles. The predicted molar refractivity (Wildman–Crippen MR) is 132 cm³/mol. The summed E-state index contributed by atoms with van der Waals surface area (Å²) in [6.45, 7) is 4.22. The smallest absolute Gasteiger partial charge is 0.243 e. The van der Waals surface area contributed by atoms with Crippen LogP contribution < -0.4 is 5.32 Å². The number of rotatable bonds is 9. The van der Waals surface area contributed by atoms with Crippen LogP contribution in [-0.2, 0) is 29.0 Å². The molecule has 0 saturated heterocycles. The normalized spacial score (nSPS) is 11.8. The largest absolute Gasteiger partial charge is 0.352 e. The highest BCUT2D eigenvalue weighted by Gasteiger charge is 2.30. The molecule has 1 N–H and O–H groups in total. The van der Waals surface area contributed by atoms with Gasteiger partial charge in [0.25, 0.3) is 0 Å². The lowest BCUT2D eigenvalue weighted by Gasteiger charge is -2.32. The molecule has 3 rings (SSSR count). The van der Waals surface area contributed by atoms with E-state index in [0.717, 1.165) is 21.2 Å². The van der Waals surface area contributed by atoms with E-state index in [9.17, 15) is 9.59 Å². The molecule has 4 nitrogen and oxygen atoms in total. The van der Waals surface area contributed by atoms with E-state index < -0.39 is 6.04 Å². The van der Waals surface area contributed by atoms with Crippen molar-refractivity contribution in [1.82, 2.24) is 10.2 Å². The standard InChI is InChI=1S/C27H29BrN2O2/c1-20(2)29-27(32)25(17-21-10-5-3-6-11-21)30(19-23-14-9-15-24(28)16-23)26(31)18-22-12-7-4-8-13-22/h3-16,20,25H,17-19H2,1-2H3,(H,29,32)/t25-/m0/s1. The first-order valence-electron chi connectivity index (χ1n) is 10.8. The number of halogens is 1. The van der Waals surface area contributed by atoms with Crippen LogP contribution in [-0.4, -0.2) is 28.8 Å². The Morgan fingerprint density at radius 2 is 1.44 bits per heavy atom. The lowest BCUT2D eigenvalue weighted by molar-refractivity contribution is -0.141. The van der Waals surface area contributed by atoms with Gasteiger partial charge in [-0.25, -0.2) is 0 Å². The van der Waals surface area contributed by atoms with Gasteiger partial charge in [0.05, 0.1) is 6.42 Å². The van der Waals surface area contributed by atoms with E-state index in [-0.39, 0.29) is 24.3 Å². The minimum Gasteiger partial charge on any atom is -0.352 e. The van der Waals surface area contributed by atoms with E-state index in [1.807, 2.05) is 98.8 Å². The van der Waals surface area contributed by atoms with Crippen LogP contribution in [0.15, 0.2) is 89.4 Å². The summed E-state index contributed by atoms with van der Waals surface area (Å²) in [7, 11) is 0. The Balaban J connectivity index is 1.96. The topological polar surface area (TPSA) is 49.4 Å². The van der Waals surface area contributed by atoms with Crippen LogP contribution in [0.3, 0.4) is 0 Å². The first-order valence-corrected chi connectivity index (χ1v) is 11.6. The van der Waals surface area contributed by atoms with Crippen LogP contribution in [0, 0.1) is 0 Å². The van der Waals surface area contributed by atoms with Gasteiger partial charge in [-0.15, -0.1) is 0 Å². The molecule has 3 aromatic rings. The maximum absolute atomic E-state index is 13.6. The summed E-state index contributed by atoms with van der Waals surface area (Å²) in [5.74, 6) is -0.212. The van der Waals surface area contributed by atoms with Crippen molar-refractivity contribution in [3.05, 3.63) is 106 Å². The van der Waals surface area contributed by atoms with Gasteiger partial charge in [-0.05, 0) is 42.7 Å². The van der Waals surface area contributed by atoms with E-state index in [2.05, 4.69) is 21.2 Å². The SMILES string of the molecule is CC(C)NC(=O)[C@H](Cc1ccccc1)N(Cc1cccc(Br)c1)C(=O)Cc1ccccc1. The van der Waals surface area contributed by atoms with Crippen LogP contribution >= 0.6 is 15.9 Å². The highest BCUT2D eigenvalue weighted by Crippen LogP contribution is 2.19. The molecule has 3 aromatic carbocycles. The average Bonchev–Trinajstić information content (AvgIpc) is 2.77. The molecule has 0 aliphatic rings. The third kappa shape index (κ3) is 7.06. The van der Waals surface area contributed by atoms with Gasteiger partial charge in [-0.3, -0.25) is 9.59 Å². The second-order valence-electron chi connectivity index (χ2n) is 8.18. The zero-order valence-electron chi connectivity index (χ0n) is 18.5. The van der Waals surface area contributed by atoms with Crippen molar-refractivity contribution in [2.45, 2.75) is 45.3 Å². The summed E-state index contributed by atoms with van der Waals surface area (Å²) in [5.41, 5.74) is 2.92. The van der Waals surface area contributed by atoms with Crippen LogP contribution in [0.2, 0.25) is 0 Å². The lowest BCUT2D eigenvalue weighted by atomic mass is 10.0. The van der Waals surface area contributed by atoms with Crippen LogP contribution in [0.1, 0.15) is 30.5 Å². The Morgan fingerprint density at radius 3 is 2.03 bits per heavy atom. The Kier molecular flexibility index (Phi) is 8.63. The minimum absolute atomic E-state index is 0.0160. The van der Waals surface area contributed by atoms with Crippen molar-refractivity contribution in [3.8, 4) is 0 Å². The van der Waals surface area contributed by atoms with Crippen molar-refractivity contribution >= 4 is 27.7 Å². The van der Waals surface area contributed by atoms with Gasteiger partial charge < -0.3 is 10.2 Å². The summed E-state index contributed by atoms with van der Waals surface area (Å²) in [4.78, 5) is 28.6. The molecule has 0 unspecified atom stereocenters. The number of hydrogen-bond donors (Lipinski definition) is 1. The quantitative estimate of drug-likeness (QED) is 0.448. The number of hydrogen-bond acceptors (Lipinski definition) is 2. The third-order valence-corrected chi connectivity index (χ3v) is 5.64. The monoisotopic (exact) mass is 492 g/mol. The maximum atomic E-state index is 13.6. The van der Waals surface area contributed by atoms with E-state index in [1.54, 1.807) is 4.90 Å². The fourth-order valence-corrected chi connectivity index (χ4v) is 4.09. The third-order valence-electron chi connectivity index (χ3n) is 5.14. The molecule has 0 aliphatic heterocycles. The van der Waals surface area contributed by atoms with E-state index in [4.69, 9.17) is 0 Å². The Hall–Kier alpha value is -2.92. The van der Waals surface area contributed by atoms with Crippen molar-refractivity contribution in [1.29, 1.82) is 0 Å². The summed E-state index contributed by atoms with van der Waals surface area (Å²) in [6.07, 6.45) is 0.697. The number of benzene rings is 3. The van der Waals surface area contributed by atoms with Crippen molar-refractivity contribution in [2.24, 2.45) is 0 Å². The highest BCUT2D eigenvalue weighted by molar-refractivity contribution is 9.10. The molecular weight excluding hydrogens is 464 g/mol. The molecule has 0 spiro atoms. The van der Waals surface area contributed by atoms with Gasteiger partial charge in [-0.1, -0.05) is 88.7 Å². The van der Waals surface area contributed by atoms with E-state index >= 15 is 0 Å². The number of carbonyl (C=O) groups excluding carboxylic acids is 2. The van der Waals surface area contributed by atoms with E-state index in [0.29, 0.717) is 13.0 Å². The van der Waals surface area contributed by atoms with Crippen molar-refractivity contribution < 1.29 is 9.59 Å². The first-order chi connectivity index (χ1) is 15.4. The zero-order chi connectivity index (χ0) is 22.9. The maximum Gasteiger partial charge on any atom is 0.243 e. The van der Waals surface area contributed by atoms with Gasteiger partial charge in [-0.2, -0.15) is 0 Å². The minimum atomic E-state index is -0.616. The van der Waals surface area contributed by atoms with Crippen molar-refractivity contribution in [3.63, 3.8) is 0 Å². The fraction of sp³-hybridized carbons (Fsp3) is 0.259. The van der Waals surface area contributed by atoms with Crippen molar-refractivity contribution in [2.75, 3.05) is 0 Å². The van der Waals surface area contributed by atoms with E-state index in [1.165, 1.54) is 0 Å². The molecule has 2 amide bonds. The van der Waals surface area contributed by atoms with Gasteiger partial charge in [0, 0.05) is 23.5 Å². The molecule has 0 saturated carbocycles. The molecular formula is C27H29BrN2O2. The number of nitrogens with one attached hydrogen (secondary N) is 1. The Morgan fingerprint density at radius 1 is 0.844 bits per heavy atom. The molecule has 0 aliphatic carbocycles. The van der Waals surface area contributed by atoms with Crippen LogP contribution in [0.4, 0.5) is 0 Å². The molecule has 1 atom stereocenters. The molecule has 0 radical (unpaired) electrons. The lowest BCUT2D eigenvalue weighted by Crippen LogP contribution is -2.52. The summed E-state index contributed by atoms with van der Waals surface area (Å²) >= 11 is 3.51. The summed E-state index contributed by atoms with van der Waals surface area (Å²) < 4.78 is 0.941. The zero-order valence-corrected chi connectivity index (χ0v) is 20.1. The predicted octanol–water partition coefficient (Wildman–Crippen LogP) is 5.16. The summed E-state index contributed by atoms with van der Waals surface area (Å²) in [5, 5.41) is 3.02. The van der Waals surface area contributed by atoms with Gasteiger partial charge in [0.15, 0.2) is 0 Å². The molecule has 5 heteroatoms. The van der Waals surface area contributed by atoms with Gasteiger partial charge in [0.1, 0.15) is 6.04 Å². The highest BCUT2D eigenvalue weighted by atomic mass is 79.9. The average molecular weight is 493 g/mol. The molecule has 166 valence electrons. The number of carbonyl (C=O) groups is 2. The van der Waals surface area contributed by atoms with Gasteiger partial charge in [0.2, 0.25) is 11.8 Å². The van der Waals surface area contributed by atoms with Crippen LogP contribution in [0.25, 0.3) is 0 Å². The number of nitrogens with zero attached hydrogens (tertiary/aromatic N) is 1. The first kappa shape index (κ1) is 23.7. The second-order valence-corrected chi connectivity index (χ2v) is 9.10. The second kappa shape index (κ2) is 11.6. The Bertz CT molecular complexity index is 1020. The van der Waals surface area contributed by atoms with Gasteiger partial charge >= 0.3 is 0 Å². The van der Waals surface area contributed by atoms with Crippen LogP contribution in [0.5, 0.6) is 0 Å². The fourth-order valence-electron chi connectivity index (χ4n) is 3.64. The molecule has 32 heavy (non-hydrogen) atoms. The summed E-state index contributed by atoms with van der Waals surface area (Å²) in [6, 6.07) is 26.7. The molecule has 0 aromatic heterocycles.